The minimum atomic E-state index is -0.532. The summed E-state index contributed by atoms with van der Waals surface area (Å²) in [6, 6.07) is 1.81. The van der Waals surface area contributed by atoms with Gasteiger partial charge in [0.15, 0.2) is 0 Å². The molecular formula is C12H18N2O3S. The van der Waals surface area contributed by atoms with E-state index in [1.807, 2.05) is 33.1 Å². The first kappa shape index (κ1) is 14.6. The maximum absolute atomic E-state index is 11.6. The van der Waals surface area contributed by atoms with Gasteiger partial charge in [0.2, 0.25) is 0 Å². The van der Waals surface area contributed by atoms with Crippen LogP contribution in [-0.4, -0.2) is 30.0 Å². The van der Waals surface area contributed by atoms with Gasteiger partial charge in [-0.1, -0.05) is 0 Å². The Bertz CT molecular complexity index is 430. The van der Waals surface area contributed by atoms with Crippen LogP contribution >= 0.6 is 11.8 Å². The zero-order valence-corrected chi connectivity index (χ0v) is 12.1. The molecule has 1 heterocycles. The van der Waals surface area contributed by atoms with Crippen LogP contribution in [-0.2, 0) is 4.74 Å². The van der Waals surface area contributed by atoms with Gasteiger partial charge in [0, 0.05) is 0 Å². The highest BCUT2D eigenvalue weighted by molar-refractivity contribution is 7.98. The fraction of sp³-hybridized carbons (Fsp3) is 0.500. The number of ether oxygens (including phenoxy) is 2. The molecule has 1 aromatic heterocycles. The number of methoxy groups -OCH3 is 1. The van der Waals surface area contributed by atoms with E-state index >= 15 is 0 Å². The Balaban J connectivity index is 2.81. The predicted octanol–water partition coefficient (Wildman–Crippen LogP) is 3.16. The Kier molecular flexibility index (Phi) is 4.84. The molecule has 0 aliphatic heterocycles. The van der Waals surface area contributed by atoms with E-state index in [-0.39, 0.29) is 0 Å². The van der Waals surface area contributed by atoms with Crippen molar-refractivity contribution < 1.29 is 14.3 Å². The smallest absolute Gasteiger partial charge is 0.413 e. The average molecular weight is 270 g/mol. The van der Waals surface area contributed by atoms with Crippen LogP contribution in [0.1, 0.15) is 20.8 Å². The predicted molar refractivity (Wildman–Crippen MR) is 72.4 cm³/mol. The van der Waals surface area contributed by atoms with Gasteiger partial charge in [-0.2, -0.15) is 0 Å². The van der Waals surface area contributed by atoms with Crippen LogP contribution < -0.4 is 10.1 Å². The number of anilines is 1. The SMILES string of the molecule is COc1cnc(NC(=O)OC(C)(C)C)c(SC)c1. The first-order chi connectivity index (χ1) is 8.35. The maximum atomic E-state index is 11.6. The molecule has 1 aromatic rings. The summed E-state index contributed by atoms with van der Waals surface area (Å²) in [7, 11) is 1.57. The van der Waals surface area contributed by atoms with E-state index in [4.69, 9.17) is 9.47 Å². The molecule has 6 heteroatoms. The number of aromatic nitrogens is 1. The lowest BCUT2D eigenvalue weighted by atomic mass is 10.2. The van der Waals surface area contributed by atoms with Crippen LogP contribution in [0.5, 0.6) is 5.75 Å². The lowest BCUT2D eigenvalue weighted by Gasteiger charge is -2.20. The third-order valence-corrected chi connectivity index (χ3v) is 2.65. The van der Waals surface area contributed by atoms with Crippen LogP contribution in [0.25, 0.3) is 0 Å². The van der Waals surface area contributed by atoms with E-state index in [1.54, 1.807) is 13.3 Å². The third kappa shape index (κ3) is 4.44. The van der Waals surface area contributed by atoms with Gasteiger partial charge in [-0.15, -0.1) is 11.8 Å². The van der Waals surface area contributed by atoms with Crippen LogP contribution in [0.3, 0.4) is 0 Å². The number of hydrogen-bond acceptors (Lipinski definition) is 5. The number of nitrogens with zero attached hydrogens (tertiary/aromatic N) is 1. The quantitative estimate of drug-likeness (QED) is 0.855. The molecule has 18 heavy (non-hydrogen) atoms. The number of rotatable bonds is 3. The molecule has 0 saturated carbocycles. The summed E-state index contributed by atoms with van der Waals surface area (Å²) in [6.45, 7) is 5.43. The van der Waals surface area contributed by atoms with Gasteiger partial charge < -0.3 is 9.47 Å². The molecule has 0 radical (unpaired) electrons. The van der Waals surface area contributed by atoms with Crippen LogP contribution in [0.4, 0.5) is 10.6 Å². The first-order valence-corrected chi connectivity index (χ1v) is 6.66. The van der Waals surface area contributed by atoms with Gasteiger partial charge in [0.1, 0.15) is 17.2 Å². The summed E-state index contributed by atoms with van der Waals surface area (Å²) >= 11 is 1.47. The van der Waals surface area contributed by atoms with Crippen molar-refractivity contribution in [3.63, 3.8) is 0 Å². The summed E-state index contributed by atoms with van der Waals surface area (Å²) in [5.41, 5.74) is -0.532. The average Bonchev–Trinajstić information content (AvgIpc) is 2.27. The Morgan fingerprint density at radius 2 is 2.11 bits per heavy atom. The molecule has 1 rings (SSSR count). The molecule has 100 valence electrons. The Labute approximate surface area is 111 Å². The molecule has 0 unspecified atom stereocenters. The van der Waals surface area contributed by atoms with Crippen LogP contribution in [0.2, 0.25) is 0 Å². The molecule has 0 fully saturated rings. The normalized spacial score (nSPS) is 10.9. The van der Waals surface area contributed by atoms with E-state index < -0.39 is 11.7 Å². The highest BCUT2D eigenvalue weighted by Crippen LogP contribution is 2.27. The molecule has 5 nitrogen and oxygen atoms in total. The number of hydrogen-bond donors (Lipinski definition) is 1. The van der Waals surface area contributed by atoms with E-state index in [0.29, 0.717) is 11.6 Å². The van der Waals surface area contributed by atoms with Crippen LogP contribution in [0.15, 0.2) is 17.2 Å². The second-order valence-electron chi connectivity index (χ2n) is 4.55. The molecule has 0 saturated heterocycles. The summed E-state index contributed by atoms with van der Waals surface area (Å²) in [5, 5.41) is 2.62. The van der Waals surface area contributed by atoms with Gasteiger partial charge >= 0.3 is 6.09 Å². The second-order valence-corrected chi connectivity index (χ2v) is 5.40. The monoisotopic (exact) mass is 270 g/mol. The van der Waals surface area contributed by atoms with Gasteiger partial charge in [-0.25, -0.2) is 9.78 Å². The van der Waals surface area contributed by atoms with E-state index in [0.717, 1.165) is 4.90 Å². The van der Waals surface area contributed by atoms with Crippen molar-refractivity contribution in [3.05, 3.63) is 12.3 Å². The molecule has 0 aliphatic rings. The van der Waals surface area contributed by atoms with Gasteiger partial charge in [0.25, 0.3) is 0 Å². The van der Waals surface area contributed by atoms with Gasteiger partial charge in [-0.3, -0.25) is 5.32 Å². The van der Waals surface area contributed by atoms with Gasteiger partial charge in [0.05, 0.1) is 18.2 Å². The highest BCUT2D eigenvalue weighted by atomic mass is 32.2. The number of amides is 1. The summed E-state index contributed by atoms with van der Waals surface area (Å²) < 4.78 is 10.2. The van der Waals surface area contributed by atoms with E-state index in [2.05, 4.69) is 10.3 Å². The molecule has 0 aromatic carbocycles. The minimum Gasteiger partial charge on any atom is -0.495 e. The summed E-state index contributed by atoms with van der Waals surface area (Å²) in [5.74, 6) is 1.12. The molecular weight excluding hydrogens is 252 g/mol. The van der Waals surface area contributed by atoms with Gasteiger partial charge in [-0.05, 0) is 33.1 Å². The van der Waals surface area contributed by atoms with Crippen molar-refractivity contribution >= 4 is 23.7 Å². The fourth-order valence-electron chi connectivity index (χ4n) is 1.19. The number of carbonyl (C=O) groups is 1. The van der Waals surface area contributed by atoms with E-state index in [1.165, 1.54) is 11.8 Å². The first-order valence-electron chi connectivity index (χ1n) is 5.43. The number of nitrogens with one attached hydrogen (secondary N) is 1. The number of carbonyl (C=O) groups excluding carboxylic acids is 1. The molecule has 0 spiro atoms. The Hall–Kier alpha value is -1.43. The standard InChI is InChI=1S/C12H18N2O3S/c1-12(2,3)17-11(15)14-10-9(18-5)6-8(16-4)7-13-10/h6-7H,1-5H3,(H,13,14,15). The van der Waals surface area contributed by atoms with Crippen molar-refractivity contribution in [1.29, 1.82) is 0 Å². The highest BCUT2D eigenvalue weighted by Gasteiger charge is 2.17. The second kappa shape index (κ2) is 5.95. The zero-order valence-electron chi connectivity index (χ0n) is 11.2. The largest absolute Gasteiger partial charge is 0.495 e. The lowest BCUT2D eigenvalue weighted by molar-refractivity contribution is 0.0635. The molecule has 1 amide bonds. The van der Waals surface area contributed by atoms with Crippen molar-refractivity contribution in [2.24, 2.45) is 0 Å². The van der Waals surface area contributed by atoms with E-state index in [9.17, 15) is 4.79 Å². The Morgan fingerprint density at radius 3 is 2.61 bits per heavy atom. The minimum absolute atomic E-state index is 0.470. The number of thioether (sulfide) groups is 1. The van der Waals surface area contributed by atoms with Crippen molar-refractivity contribution in [1.82, 2.24) is 4.98 Å². The zero-order chi connectivity index (χ0) is 13.8. The third-order valence-electron chi connectivity index (χ3n) is 1.90. The van der Waals surface area contributed by atoms with Crippen molar-refractivity contribution in [2.75, 3.05) is 18.7 Å². The molecule has 0 bridgehead atoms. The molecule has 0 atom stereocenters. The molecule has 0 aliphatic carbocycles. The summed E-state index contributed by atoms with van der Waals surface area (Å²) in [6.07, 6.45) is 2.93. The summed E-state index contributed by atoms with van der Waals surface area (Å²) in [4.78, 5) is 16.6. The lowest BCUT2D eigenvalue weighted by Crippen LogP contribution is -2.27. The van der Waals surface area contributed by atoms with Crippen molar-refractivity contribution in [3.8, 4) is 5.75 Å². The number of pyridine rings is 1. The van der Waals surface area contributed by atoms with Crippen LogP contribution in [0, 0.1) is 0 Å². The topological polar surface area (TPSA) is 60.5 Å². The molecule has 1 N–H and O–H groups in total. The fourth-order valence-corrected chi connectivity index (χ4v) is 1.72. The maximum Gasteiger partial charge on any atom is 0.413 e. The van der Waals surface area contributed by atoms with Crippen molar-refractivity contribution in [2.45, 2.75) is 31.3 Å². The Morgan fingerprint density at radius 1 is 1.44 bits per heavy atom.